The zero-order valence-electron chi connectivity index (χ0n) is 11.6. The van der Waals surface area contributed by atoms with Gasteiger partial charge in [-0.05, 0) is 64.2 Å². The number of fused-ring (bicyclic) bond motifs is 2. The van der Waals surface area contributed by atoms with Gasteiger partial charge in [-0.1, -0.05) is 31.9 Å². The molecule has 0 spiro atoms. The lowest BCUT2D eigenvalue weighted by Crippen LogP contribution is -2.40. The summed E-state index contributed by atoms with van der Waals surface area (Å²) >= 11 is 8.08. The summed E-state index contributed by atoms with van der Waals surface area (Å²) in [6.45, 7) is 4.53. The molecule has 4 fully saturated rings. The second-order valence-corrected chi connectivity index (χ2v) is 11.1. The van der Waals surface area contributed by atoms with Crippen LogP contribution in [0.5, 0.6) is 0 Å². The number of hydrogen-bond donors (Lipinski definition) is 0. The maximum absolute atomic E-state index is 5.86. The molecule has 6 atom stereocenters. The van der Waals surface area contributed by atoms with Gasteiger partial charge in [0.1, 0.15) is 0 Å². The summed E-state index contributed by atoms with van der Waals surface area (Å²) in [5, 5.41) is 0. The average Bonchev–Trinajstić information content (AvgIpc) is 3.19. The lowest BCUT2D eigenvalue weighted by Gasteiger charge is -2.41. The van der Waals surface area contributed by atoms with Crippen molar-refractivity contribution in [3.63, 3.8) is 0 Å². The molecule has 2 heterocycles. The predicted molar refractivity (Wildman–Crippen MR) is 81.8 cm³/mol. The SMILES string of the molecule is CC12CCC(C(Br)(Br)C3CCC4(C)OC4C3)CC1O2. The van der Waals surface area contributed by atoms with E-state index in [9.17, 15) is 0 Å². The van der Waals surface area contributed by atoms with Crippen LogP contribution in [0, 0.1) is 11.8 Å². The van der Waals surface area contributed by atoms with Crippen LogP contribution in [0.4, 0.5) is 0 Å². The van der Waals surface area contributed by atoms with Crippen LogP contribution in [0.15, 0.2) is 0 Å². The first-order valence-corrected chi connectivity index (χ1v) is 9.15. The Balaban J connectivity index is 1.44. The maximum Gasteiger partial charge on any atom is 0.0920 e. The van der Waals surface area contributed by atoms with Gasteiger partial charge in [-0.2, -0.15) is 0 Å². The number of epoxide rings is 2. The molecule has 4 rings (SSSR count). The number of halogens is 2. The molecule has 0 amide bonds. The molecule has 19 heavy (non-hydrogen) atoms. The van der Waals surface area contributed by atoms with E-state index in [1.54, 1.807) is 0 Å². The van der Waals surface area contributed by atoms with E-state index in [0.717, 1.165) is 0 Å². The van der Waals surface area contributed by atoms with Crippen molar-refractivity contribution in [1.29, 1.82) is 0 Å². The zero-order chi connectivity index (χ0) is 13.5. The average molecular weight is 394 g/mol. The fraction of sp³-hybridized carbons (Fsp3) is 1.00. The molecule has 2 nitrogen and oxygen atoms in total. The first kappa shape index (κ1) is 13.5. The number of alkyl halides is 2. The van der Waals surface area contributed by atoms with Crippen molar-refractivity contribution in [1.82, 2.24) is 0 Å². The predicted octanol–water partition coefficient (Wildman–Crippen LogP) is 4.39. The van der Waals surface area contributed by atoms with Crippen LogP contribution in [0.1, 0.15) is 52.4 Å². The molecule has 4 aliphatic rings. The van der Waals surface area contributed by atoms with E-state index >= 15 is 0 Å². The van der Waals surface area contributed by atoms with Crippen LogP contribution in [0.2, 0.25) is 0 Å². The molecule has 6 unspecified atom stereocenters. The van der Waals surface area contributed by atoms with Gasteiger partial charge < -0.3 is 9.47 Å². The minimum atomic E-state index is 0.0839. The summed E-state index contributed by atoms with van der Waals surface area (Å²) in [5.74, 6) is 1.36. The van der Waals surface area contributed by atoms with Crippen molar-refractivity contribution in [3.8, 4) is 0 Å². The van der Waals surface area contributed by atoms with Gasteiger partial charge in [0.05, 0.1) is 26.6 Å². The van der Waals surface area contributed by atoms with Crippen LogP contribution < -0.4 is 0 Å². The Morgan fingerprint density at radius 2 is 1.32 bits per heavy atom. The van der Waals surface area contributed by atoms with Gasteiger partial charge in [0, 0.05) is 0 Å². The second-order valence-electron chi connectivity index (χ2n) is 7.46. The fourth-order valence-electron chi connectivity index (χ4n) is 4.32. The normalized spacial score (nSPS) is 56.2. The summed E-state index contributed by atoms with van der Waals surface area (Å²) in [4.78, 5) is 0. The number of rotatable bonds is 2. The molecule has 0 radical (unpaired) electrons. The Hall–Kier alpha value is 0.880. The fourth-order valence-corrected chi connectivity index (χ4v) is 5.99. The van der Waals surface area contributed by atoms with E-state index in [2.05, 4.69) is 45.7 Å². The van der Waals surface area contributed by atoms with Gasteiger partial charge in [-0.3, -0.25) is 0 Å². The Bertz CT molecular complexity index is 377. The lowest BCUT2D eigenvalue weighted by molar-refractivity contribution is 0.245. The first-order chi connectivity index (χ1) is 8.83. The Morgan fingerprint density at radius 3 is 1.68 bits per heavy atom. The van der Waals surface area contributed by atoms with Crippen LogP contribution in [-0.4, -0.2) is 26.6 Å². The van der Waals surface area contributed by atoms with Crippen molar-refractivity contribution in [2.45, 2.75) is 79.0 Å². The molecule has 2 aliphatic heterocycles. The van der Waals surface area contributed by atoms with E-state index in [1.807, 2.05) is 0 Å². The molecular formula is C15H22Br2O2. The smallest absolute Gasteiger partial charge is 0.0920 e. The summed E-state index contributed by atoms with van der Waals surface area (Å²) < 4.78 is 11.8. The molecule has 0 bridgehead atoms. The standard InChI is InChI=1S/C15H22Br2O2/c1-13-5-3-9(7-11(13)18-13)15(16,17)10-4-6-14(2)12(8-10)19-14/h9-12H,3-8H2,1-2H3. The molecule has 2 saturated heterocycles. The summed E-state index contributed by atoms with van der Waals surface area (Å²) in [6, 6.07) is 0. The molecule has 108 valence electrons. The molecular weight excluding hydrogens is 372 g/mol. The molecule has 0 aromatic carbocycles. The Kier molecular flexibility index (Phi) is 2.84. The first-order valence-electron chi connectivity index (χ1n) is 7.57. The minimum Gasteiger partial charge on any atom is -0.366 e. The van der Waals surface area contributed by atoms with Gasteiger partial charge in [0.2, 0.25) is 0 Å². The van der Waals surface area contributed by atoms with E-state index in [0.29, 0.717) is 24.0 Å². The summed E-state index contributed by atoms with van der Waals surface area (Å²) in [6.07, 6.45) is 8.38. The zero-order valence-corrected chi connectivity index (χ0v) is 14.8. The highest BCUT2D eigenvalue weighted by Crippen LogP contribution is 2.61. The second kappa shape index (κ2) is 3.99. The Morgan fingerprint density at radius 1 is 0.895 bits per heavy atom. The van der Waals surface area contributed by atoms with Gasteiger partial charge >= 0.3 is 0 Å². The highest BCUT2D eigenvalue weighted by molar-refractivity contribution is 9.25. The van der Waals surface area contributed by atoms with Gasteiger partial charge in [0.25, 0.3) is 0 Å². The maximum atomic E-state index is 5.86. The quantitative estimate of drug-likeness (QED) is 0.513. The van der Waals surface area contributed by atoms with Crippen molar-refractivity contribution < 1.29 is 9.47 Å². The molecule has 2 aliphatic carbocycles. The van der Waals surface area contributed by atoms with Crippen molar-refractivity contribution in [3.05, 3.63) is 0 Å². The molecule has 4 heteroatoms. The van der Waals surface area contributed by atoms with E-state index in [1.165, 1.54) is 38.5 Å². The highest BCUT2D eigenvalue weighted by Gasteiger charge is 2.62. The summed E-state index contributed by atoms with van der Waals surface area (Å²) in [7, 11) is 0. The van der Waals surface area contributed by atoms with E-state index in [-0.39, 0.29) is 14.4 Å². The van der Waals surface area contributed by atoms with Crippen molar-refractivity contribution >= 4 is 31.9 Å². The van der Waals surface area contributed by atoms with Gasteiger partial charge in [-0.15, -0.1) is 0 Å². The van der Waals surface area contributed by atoms with E-state index < -0.39 is 0 Å². The third-order valence-electron chi connectivity index (χ3n) is 6.13. The summed E-state index contributed by atoms with van der Waals surface area (Å²) in [5.41, 5.74) is 0.439. The highest BCUT2D eigenvalue weighted by atomic mass is 79.9. The third kappa shape index (κ3) is 2.08. The van der Waals surface area contributed by atoms with Crippen LogP contribution in [-0.2, 0) is 9.47 Å². The largest absolute Gasteiger partial charge is 0.366 e. The van der Waals surface area contributed by atoms with Gasteiger partial charge in [-0.25, -0.2) is 0 Å². The van der Waals surface area contributed by atoms with Crippen molar-refractivity contribution in [2.75, 3.05) is 0 Å². The molecule has 0 N–H and O–H groups in total. The van der Waals surface area contributed by atoms with Crippen molar-refractivity contribution in [2.24, 2.45) is 11.8 Å². The monoisotopic (exact) mass is 392 g/mol. The molecule has 0 aromatic rings. The van der Waals surface area contributed by atoms with Crippen LogP contribution in [0.25, 0.3) is 0 Å². The number of hydrogen-bond acceptors (Lipinski definition) is 2. The van der Waals surface area contributed by atoms with Crippen LogP contribution >= 0.6 is 31.9 Å². The molecule has 2 saturated carbocycles. The minimum absolute atomic E-state index is 0.0839. The van der Waals surface area contributed by atoms with Crippen LogP contribution in [0.3, 0.4) is 0 Å². The topological polar surface area (TPSA) is 25.1 Å². The Labute approximate surface area is 132 Å². The van der Waals surface area contributed by atoms with E-state index in [4.69, 9.17) is 9.47 Å². The third-order valence-corrected chi connectivity index (χ3v) is 8.72. The lowest BCUT2D eigenvalue weighted by atomic mass is 9.73. The number of ether oxygens (including phenoxy) is 2. The van der Waals surface area contributed by atoms with Gasteiger partial charge in [0.15, 0.2) is 0 Å². The molecule has 0 aromatic heterocycles.